The van der Waals surface area contributed by atoms with E-state index in [0.717, 1.165) is 5.57 Å². The van der Waals surface area contributed by atoms with E-state index in [-0.39, 0.29) is 0 Å². The third-order valence-electron chi connectivity index (χ3n) is 1.81. The molecule has 6 nitrogen and oxygen atoms in total. The number of carboxylic acids is 1. The minimum absolute atomic E-state index is 0.320. The minimum Gasteiger partial charge on any atom is -0.480 e. The van der Waals surface area contributed by atoms with Crippen LogP contribution in [0, 0.1) is 0 Å². The van der Waals surface area contributed by atoms with Crippen LogP contribution in [-0.2, 0) is 4.79 Å². The van der Waals surface area contributed by atoms with Gasteiger partial charge >= 0.3 is 12.0 Å². The summed E-state index contributed by atoms with van der Waals surface area (Å²) in [4.78, 5) is 21.9. The molecule has 0 rings (SSSR count). The van der Waals surface area contributed by atoms with E-state index in [4.69, 9.17) is 10.2 Å². The minimum atomic E-state index is -1.30. The Labute approximate surface area is 94.3 Å². The zero-order valence-corrected chi connectivity index (χ0v) is 9.65. The molecule has 0 spiro atoms. The predicted molar refractivity (Wildman–Crippen MR) is 59.1 cm³/mol. The summed E-state index contributed by atoms with van der Waals surface area (Å²) in [5.74, 6) is -1.27. The number of carbonyl (C=O) groups is 2. The maximum Gasteiger partial charge on any atom is 0.328 e. The molecule has 0 heterocycles. The van der Waals surface area contributed by atoms with E-state index < -0.39 is 24.1 Å². The molecular weight excluding hydrogens is 212 g/mol. The molecule has 0 aliphatic heterocycles. The molecule has 0 saturated heterocycles. The second-order valence-corrected chi connectivity index (χ2v) is 3.69. The molecule has 0 aliphatic rings. The SMILES string of the molecule is CC(C)=CCNC(=O)N[C@H](C(=O)O)[C@@H](C)O. The summed E-state index contributed by atoms with van der Waals surface area (Å²) in [6, 6.07) is -1.92. The highest BCUT2D eigenvalue weighted by Crippen LogP contribution is 1.92. The average Bonchev–Trinajstić information content (AvgIpc) is 2.12. The molecule has 0 unspecified atom stereocenters. The monoisotopic (exact) mass is 230 g/mol. The molecule has 92 valence electrons. The third-order valence-corrected chi connectivity index (χ3v) is 1.81. The summed E-state index contributed by atoms with van der Waals surface area (Å²) in [5.41, 5.74) is 1.05. The summed E-state index contributed by atoms with van der Waals surface area (Å²) in [6.07, 6.45) is 0.643. The Balaban J connectivity index is 4.11. The van der Waals surface area contributed by atoms with Gasteiger partial charge in [0.2, 0.25) is 0 Å². The molecule has 6 heteroatoms. The van der Waals surface area contributed by atoms with E-state index >= 15 is 0 Å². The Morgan fingerprint density at radius 3 is 2.31 bits per heavy atom. The number of carbonyl (C=O) groups excluding carboxylic acids is 1. The first-order chi connectivity index (χ1) is 7.34. The molecule has 0 aromatic rings. The quantitative estimate of drug-likeness (QED) is 0.503. The second kappa shape index (κ2) is 6.84. The zero-order chi connectivity index (χ0) is 12.7. The number of urea groups is 1. The Morgan fingerprint density at radius 1 is 1.38 bits per heavy atom. The average molecular weight is 230 g/mol. The first-order valence-corrected chi connectivity index (χ1v) is 4.93. The van der Waals surface area contributed by atoms with E-state index in [2.05, 4.69) is 10.6 Å². The van der Waals surface area contributed by atoms with Crippen LogP contribution in [-0.4, -0.2) is 40.9 Å². The number of carboxylic acid groups (broad SMARTS) is 1. The van der Waals surface area contributed by atoms with Gasteiger partial charge in [-0.3, -0.25) is 0 Å². The topological polar surface area (TPSA) is 98.7 Å². The third kappa shape index (κ3) is 6.02. The summed E-state index contributed by atoms with van der Waals surface area (Å²) >= 11 is 0. The molecule has 0 radical (unpaired) electrons. The Bertz CT molecular complexity index is 283. The predicted octanol–water partition coefficient (Wildman–Crippen LogP) is 0.0858. The van der Waals surface area contributed by atoms with Crippen molar-refractivity contribution in [1.82, 2.24) is 10.6 Å². The number of aliphatic carboxylic acids is 1. The zero-order valence-electron chi connectivity index (χ0n) is 9.65. The highest BCUT2D eigenvalue weighted by Gasteiger charge is 2.24. The van der Waals surface area contributed by atoms with Crippen LogP contribution in [0.4, 0.5) is 4.79 Å². The van der Waals surface area contributed by atoms with Crippen molar-refractivity contribution < 1.29 is 19.8 Å². The first kappa shape index (κ1) is 14.4. The van der Waals surface area contributed by atoms with Crippen molar-refractivity contribution in [3.63, 3.8) is 0 Å². The van der Waals surface area contributed by atoms with E-state index in [1.165, 1.54) is 6.92 Å². The van der Waals surface area contributed by atoms with Crippen molar-refractivity contribution in [2.45, 2.75) is 32.9 Å². The highest BCUT2D eigenvalue weighted by molar-refractivity contribution is 5.82. The van der Waals surface area contributed by atoms with Crippen LogP contribution in [0.25, 0.3) is 0 Å². The number of rotatable bonds is 5. The van der Waals surface area contributed by atoms with Crippen molar-refractivity contribution in [2.24, 2.45) is 0 Å². The van der Waals surface area contributed by atoms with E-state index in [0.29, 0.717) is 6.54 Å². The van der Waals surface area contributed by atoms with Crippen LogP contribution in [0.5, 0.6) is 0 Å². The summed E-state index contributed by atoms with van der Waals surface area (Å²) in [6.45, 7) is 5.39. The Kier molecular flexibility index (Phi) is 6.17. The summed E-state index contributed by atoms with van der Waals surface area (Å²) < 4.78 is 0. The van der Waals surface area contributed by atoms with Gasteiger partial charge in [-0.25, -0.2) is 9.59 Å². The lowest BCUT2D eigenvalue weighted by Crippen LogP contribution is -2.51. The fourth-order valence-electron chi connectivity index (χ4n) is 0.929. The van der Waals surface area contributed by atoms with Crippen molar-refractivity contribution in [2.75, 3.05) is 6.54 Å². The molecule has 0 fully saturated rings. The van der Waals surface area contributed by atoms with Gasteiger partial charge in [-0.05, 0) is 20.8 Å². The van der Waals surface area contributed by atoms with Crippen molar-refractivity contribution in [3.8, 4) is 0 Å². The summed E-state index contributed by atoms with van der Waals surface area (Å²) in [5, 5.41) is 22.4. The fourth-order valence-corrected chi connectivity index (χ4v) is 0.929. The molecule has 0 aliphatic carbocycles. The van der Waals surface area contributed by atoms with Crippen molar-refractivity contribution in [3.05, 3.63) is 11.6 Å². The van der Waals surface area contributed by atoms with Gasteiger partial charge in [0, 0.05) is 6.54 Å². The lowest BCUT2D eigenvalue weighted by molar-refractivity contribution is -0.141. The van der Waals surface area contributed by atoms with E-state index in [1.54, 1.807) is 6.08 Å². The van der Waals surface area contributed by atoms with Gasteiger partial charge in [0.1, 0.15) is 0 Å². The van der Waals surface area contributed by atoms with Crippen LogP contribution in [0.3, 0.4) is 0 Å². The van der Waals surface area contributed by atoms with Gasteiger partial charge in [0.15, 0.2) is 6.04 Å². The Morgan fingerprint density at radius 2 is 1.94 bits per heavy atom. The van der Waals surface area contributed by atoms with Crippen LogP contribution in [0.1, 0.15) is 20.8 Å². The van der Waals surface area contributed by atoms with Gasteiger partial charge in [0.05, 0.1) is 6.10 Å². The number of aliphatic hydroxyl groups excluding tert-OH is 1. The lowest BCUT2D eigenvalue weighted by Gasteiger charge is -2.17. The largest absolute Gasteiger partial charge is 0.480 e. The number of hydrogen-bond acceptors (Lipinski definition) is 3. The molecule has 4 N–H and O–H groups in total. The number of aliphatic hydroxyl groups is 1. The van der Waals surface area contributed by atoms with E-state index in [1.807, 2.05) is 13.8 Å². The summed E-state index contributed by atoms with van der Waals surface area (Å²) in [7, 11) is 0. The Hall–Kier alpha value is -1.56. The van der Waals surface area contributed by atoms with Crippen molar-refractivity contribution in [1.29, 1.82) is 0 Å². The van der Waals surface area contributed by atoms with E-state index in [9.17, 15) is 9.59 Å². The van der Waals surface area contributed by atoms with Gasteiger partial charge in [0.25, 0.3) is 0 Å². The van der Waals surface area contributed by atoms with Gasteiger partial charge in [-0.1, -0.05) is 11.6 Å². The molecule has 16 heavy (non-hydrogen) atoms. The number of allylic oxidation sites excluding steroid dienone is 1. The molecular formula is C10H18N2O4. The van der Waals surface area contributed by atoms with Crippen LogP contribution < -0.4 is 10.6 Å². The van der Waals surface area contributed by atoms with Crippen LogP contribution in [0.15, 0.2) is 11.6 Å². The molecule has 2 atom stereocenters. The van der Waals surface area contributed by atoms with Crippen LogP contribution >= 0.6 is 0 Å². The maximum absolute atomic E-state index is 11.2. The number of nitrogens with one attached hydrogen (secondary N) is 2. The van der Waals surface area contributed by atoms with Crippen molar-refractivity contribution >= 4 is 12.0 Å². The number of hydrogen-bond donors (Lipinski definition) is 4. The standard InChI is InChI=1S/C10H18N2O4/c1-6(2)4-5-11-10(16)12-8(7(3)13)9(14)15/h4,7-8,13H,5H2,1-3H3,(H,14,15)(H2,11,12,16)/t7-,8+/m1/s1. The maximum atomic E-state index is 11.2. The molecule has 2 amide bonds. The smallest absolute Gasteiger partial charge is 0.328 e. The molecule has 0 saturated carbocycles. The molecule has 0 aromatic heterocycles. The second-order valence-electron chi connectivity index (χ2n) is 3.69. The number of amides is 2. The fraction of sp³-hybridized carbons (Fsp3) is 0.600. The van der Waals surface area contributed by atoms with Gasteiger partial charge in [-0.15, -0.1) is 0 Å². The highest BCUT2D eigenvalue weighted by atomic mass is 16.4. The van der Waals surface area contributed by atoms with Crippen LogP contribution in [0.2, 0.25) is 0 Å². The normalized spacial score (nSPS) is 13.5. The lowest BCUT2D eigenvalue weighted by atomic mass is 10.2. The van der Waals surface area contributed by atoms with Gasteiger partial charge in [-0.2, -0.15) is 0 Å². The molecule has 0 bridgehead atoms. The first-order valence-electron chi connectivity index (χ1n) is 4.93. The van der Waals surface area contributed by atoms with Gasteiger partial charge < -0.3 is 20.8 Å². The molecule has 0 aromatic carbocycles.